The van der Waals surface area contributed by atoms with Crippen molar-refractivity contribution in [3.8, 4) is 0 Å². The van der Waals surface area contributed by atoms with Crippen LogP contribution in [0.15, 0.2) is 22.7 Å². The van der Waals surface area contributed by atoms with Crippen molar-refractivity contribution >= 4 is 28.3 Å². The van der Waals surface area contributed by atoms with Gasteiger partial charge in [0.15, 0.2) is 0 Å². The number of hydrogen-bond donors (Lipinski definition) is 1. The molecule has 1 heterocycles. The first-order valence-corrected chi connectivity index (χ1v) is 6.77. The van der Waals surface area contributed by atoms with Crippen molar-refractivity contribution in [1.29, 1.82) is 0 Å². The highest BCUT2D eigenvalue weighted by Gasteiger charge is 2.25. The summed E-state index contributed by atoms with van der Waals surface area (Å²) in [6.07, 6.45) is 1.15. The molecule has 1 saturated heterocycles. The molecule has 1 aromatic rings. The van der Waals surface area contributed by atoms with Crippen molar-refractivity contribution < 1.29 is 4.39 Å². The number of likely N-dealkylation sites (tertiary alicyclic amines) is 1. The molecule has 18 heavy (non-hydrogen) atoms. The molecule has 0 radical (unpaired) electrons. The minimum atomic E-state index is -0.183. The fourth-order valence-corrected chi connectivity index (χ4v) is 2.91. The van der Waals surface area contributed by atoms with Crippen LogP contribution in [0.5, 0.6) is 0 Å². The minimum Gasteiger partial charge on any atom is -0.328 e. The van der Waals surface area contributed by atoms with Crippen LogP contribution in [0, 0.1) is 11.7 Å². The van der Waals surface area contributed by atoms with E-state index in [1.807, 2.05) is 6.07 Å². The molecule has 1 aliphatic rings. The fourth-order valence-electron chi connectivity index (χ4n) is 2.40. The van der Waals surface area contributed by atoms with Crippen molar-refractivity contribution in [3.63, 3.8) is 0 Å². The lowest BCUT2D eigenvalue weighted by Crippen LogP contribution is -2.29. The monoisotopic (exact) mass is 336 g/mol. The number of hydrogen-bond acceptors (Lipinski definition) is 2. The summed E-state index contributed by atoms with van der Waals surface area (Å²) in [5.41, 5.74) is 6.92. The predicted octanol–water partition coefficient (Wildman–Crippen LogP) is 3.18. The Kier molecular flexibility index (Phi) is 6.05. The number of rotatable bonds is 3. The van der Waals surface area contributed by atoms with E-state index in [-0.39, 0.29) is 24.3 Å². The molecule has 2 atom stereocenters. The van der Waals surface area contributed by atoms with Gasteiger partial charge in [-0.25, -0.2) is 4.39 Å². The highest BCUT2D eigenvalue weighted by Crippen LogP contribution is 2.22. The van der Waals surface area contributed by atoms with Gasteiger partial charge in [0.05, 0.1) is 0 Å². The molecule has 2 rings (SSSR count). The van der Waals surface area contributed by atoms with Crippen molar-refractivity contribution in [2.45, 2.75) is 25.9 Å². The Hall–Kier alpha value is -0.160. The molecule has 0 aromatic heterocycles. The van der Waals surface area contributed by atoms with Crippen LogP contribution in [-0.2, 0) is 6.54 Å². The molecular formula is C13H19BrClFN2. The second-order valence-corrected chi connectivity index (χ2v) is 5.84. The summed E-state index contributed by atoms with van der Waals surface area (Å²) in [6, 6.07) is 5.31. The van der Waals surface area contributed by atoms with Crippen LogP contribution in [0.2, 0.25) is 0 Å². The molecule has 1 aromatic carbocycles. The number of benzene rings is 1. The van der Waals surface area contributed by atoms with Gasteiger partial charge >= 0.3 is 0 Å². The average molecular weight is 338 g/mol. The van der Waals surface area contributed by atoms with Gasteiger partial charge < -0.3 is 5.73 Å². The quantitative estimate of drug-likeness (QED) is 0.918. The van der Waals surface area contributed by atoms with Crippen molar-refractivity contribution in [3.05, 3.63) is 34.1 Å². The first-order chi connectivity index (χ1) is 8.04. The first-order valence-electron chi connectivity index (χ1n) is 5.97. The molecular weight excluding hydrogens is 319 g/mol. The molecule has 0 aliphatic carbocycles. The third-order valence-electron chi connectivity index (χ3n) is 3.38. The minimum absolute atomic E-state index is 0. The third kappa shape index (κ3) is 4.19. The van der Waals surface area contributed by atoms with E-state index in [2.05, 4.69) is 27.8 Å². The van der Waals surface area contributed by atoms with Crippen molar-refractivity contribution in [1.82, 2.24) is 4.90 Å². The molecule has 1 aliphatic heterocycles. The molecule has 5 heteroatoms. The maximum absolute atomic E-state index is 13.2. The van der Waals surface area contributed by atoms with E-state index in [4.69, 9.17) is 5.73 Å². The molecule has 0 amide bonds. The summed E-state index contributed by atoms with van der Waals surface area (Å²) >= 11 is 3.32. The molecule has 0 saturated carbocycles. The molecule has 2 nitrogen and oxygen atoms in total. The fraction of sp³-hybridized carbons (Fsp3) is 0.538. The van der Waals surface area contributed by atoms with E-state index >= 15 is 0 Å². The third-order valence-corrected chi connectivity index (χ3v) is 3.84. The van der Waals surface area contributed by atoms with Gasteiger partial charge in [-0.2, -0.15) is 0 Å². The van der Waals surface area contributed by atoms with Gasteiger partial charge in [-0.3, -0.25) is 4.90 Å². The Morgan fingerprint density at radius 3 is 2.78 bits per heavy atom. The summed E-state index contributed by atoms with van der Waals surface area (Å²) in [5, 5.41) is 0. The molecule has 102 valence electrons. The maximum Gasteiger partial charge on any atom is 0.124 e. The van der Waals surface area contributed by atoms with E-state index in [9.17, 15) is 4.39 Å². The lowest BCUT2D eigenvalue weighted by molar-refractivity contribution is 0.308. The molecule has 0 spiro atoms. The summed E-state index contributed by atoms with van der Waals surface area (Å²) in [6.45, 7) is 4.94. The summed E-state index contributed by atoms with van der Waals surface area (Å²) in [4.78, 5) is 2.34. The predicted molar refractivity (Wildman–Crippen MR) is 78.4 cm³/mol. The maximum atomic E-state index is 13.2. The van der Waals surface area contributed by atoms with E-state index in [0.717, 1.165) is 36.1 Å². The Balaban J connectivity index is 0.00000162. The van der Waals surface area contributed by atoms with Crippen LogP contribution >= 0.6 is 28.3 Å². The highest BCUT2D eigenvalue weighted by molar-refractivity contribution is 9.10. The molecule has 2 N–H and O–H groups in total. The second kappa shape index (κ2) is 6.85. The molecule has 1 fully saturated rings. The van der Waals surface area contributed by atoms with Gasteiger partial charge in [-0.15, -0.1) is 12.4 Å². The average Bonchev–Trinajstić information content (AvgIpc) is 2.64. The highest BCUT2D eigenvalue weighted by atomic mass is 79.9. The Bertz CT molecular complexity index is 380. The van der Waals surface area contributed by atoms with Crippen LogP contribution in [-0.4, -0.2) is 24.0 Å². The van der Waals surface area contributed by atoms with Crippen LogP contribution in [0.25, 0.3) is 0 Å². The molecule has 2 unspecified atom stereocenters. The van der Waals surface area contributed by atoms with E-state index < -0.39 is 0 Å². The lowest BCUT2D eigenvalue weighted by atomic mass is 10.0. The van der Waals surface area contributed by atoms with Crippen LogP contribution < -0.4 is 5.73 Å². The van der Waals surface area contributed by atoms with Gasteiger partial charge in [0, 0.05) is 23.6 Å². The normalized spacial score (nSPS) is 21.7. The van der Waals surface area contributed by atoms with Crippen molar-refractivity contribution in [2.24, 2.45) is 11.7 Å². The van der Waals surface area contributed by atoms with Crippen LogP contribution in [0.4, 0.5) is 4.39 Å². The zero-order valence-electron chi connectivity index (χ0n) is 10.4. The largest absolute Gasteiger partial charge is 0.328 e. The van der Waals surface area contributed by atoms with Crippen molar-refractivity contribution in [2.75, 3.05) is 13.1 Å². The van der Waals surface area contributed by atoms with Crippen LogP contribution in [0.1, 0.15) is 18.9 Å². The van der Waals surface area contributed by atoms with E-state index in [0.29, 0.717) is 5.92 Å². The topological polar surface area (TPSA) is 29.3 Å². The second-order valence-electron chi connectivity index (χ2n) is 4.92. The van der Waals surface area contributed by atoms with Crippen LogP contribution in [0.3, 0.4) is 0 Å². The Labute approximate surface area is 122 Å². The standard InChI is InChI=1S/C13H18BrFN2.ClH/c1-9(16)11-2-3-17(8-11)7-10-4-12(14)6-13(15)5-10;/h4-6,9,11H,2-3,7-8,16H2,1H3;1H. The summed E-state index contributed by atoms with van der Waals surface area (Å²) in [7, 11) is 0. The zero-order chi connectivity index (χ0) is 12.4. The SMILES string of the molecule is CC(N)C1CCN(Cc2cc(F)cc(Br)c2)C1.Cl. The Morgan fingerprint density at radius 2 is 2.22 bits per heavy atom. The van der Waals surface area contributed by atoms with Gasteiger partial charge in [0.2, 0.25) is 0 Å². The summed E-state index contributed by atoms with van der Waals surface area (Å²) in [5.74, 6) is 0.393. The Morgan fingerprint density at radius 1 is 1.50 bits per heavy atom. The van der Waals surface area contributed by atoms with Gasteiger partial charge in [-0.05, 0) is 49.6 Å². The number of nitrogens with zero attached hydrogens (tertiary/aromatic N) is 1. The van der Waals surface area contributed by atoms with E-state index in [1.54, 1.807) is 6.07 Å². The smallest absolute Gasteiger partial charge is 0.124 e. The summed E-state index contributed by atoms with van der Waals surface area (Å²) < 4.78 is 14.0. The first kappa shape index (κ1) is 15.9. The molecule has 0 bridgehead atoms. The number of halogens is 3. The van der Waals surface area contributed by atoms with Gasteiger partial charge in [-0.1, -0.05) is 15.9 Å². The van der Waals surface area contributed by atoms with Gasteiger partial charge in [0.25, 0.3) is 0 Å². The van der Waals surface area contributed by atoms with E-state index in [1.165, 1.54) is 6.07 Å². The zero-order valence-corrected chi connectivity index (χ0v) is 12.8. The van der Waals surface area contributed by atoms with Gasteiger partial charge in [0.1, 0.15) is 5.82 Å². The lowest BCUT2D eigenvalue weighted by Gasteiger charge is -2.18. The number of nitrogens with two attached hydrogens (primary N) is 1.